The highest BCUT2D eigenvalue weighted by Gasteiger charge is 2.15. The van der Waals surface area contributed by atoms with Gasteiger partial charge in [-0.3, -0.25) is 0 Å². The van der Waals surface area contributed by atoms with Gasteiger partial charge in [0.2, 0.25) is 0 Å². The molecule has 0 aliphatic rings. The molecule has 0 spiro atoms. The molecule has 4 rings (SSSR count). The van der Waals surface area contributed by atoms with Crippen LogP contribution in [0.3, 0.4) is 0 Å². The highest BCUT2D eigenvalue weighted by Crippen LogP contribution is 2.29. The Labute approximate surface area is 187 Å². The minimum Gasteiger partial charge on any atom is -0.493 e. The van der Waals surface area contributed by atoms with Crippen LogP contribution in [-0.2, 0) is 6.42 Å². The first-order valence-electron chi connectivity index (χ1n) is 10.3. The van der Waals surface area contributed by atoms with Crippen LogP contribution in [0.25, 0.3) is 5.82 Å². The Kier molecular flexibility index (Phi) is 6.02. The standard InChI is InChI=1S/C24H26N6O2/c1-15-7-6-8-23(26-15)30-24(16(2)17(3)29-30)28-21-11-12-25-22(27-21)14-18-9-10-19(31-4)20(13-18)32-5/h6-13H,14H2,1-5H3,(H,25,27,28). The first kappa shape index (κ1) is 21.3. The summed E-state index contributed by atoms with van der Waals surface area (Å²) in [6, 6.07) is 13.5. The third-order valence-electron chi connectivity index (χ3n) is 5.21. The molecule has 3 heterocycles. The molecule has 0 unspecified atom stereocenters. The molecule has 0 amide bonds. The fourth-order valence-corrected chi connectivity index (χ4v) is 3.41. The number of pyridine rings is 1. The van der Waals surface area contributed by atoms with Gasteiger partial charge in [0, 0.05) is 23.9 Å². The van der Waals surface area contributed by atoms with Crippen molar-refractivity contribution in [3.63, 3.8) is 0 Å². The molecule has 0 aliphatic heterocycles. The fraction of sp³-hybridized carbons (Fsp3) is 0.250. The van der Waals surface area contributed by atoms with E-state index in [1.54, 1.807) is 20.4 Å². The minimum absolute atomic E-state index is 0.562. The van der Waals surface area contributed by atoms with Crippen LogP contribution in [-0.4, -0.2) is 39.0 Å². The number of nitrogens with one attached hydrogen (secondary N) is 1. The van der Waals surface area contributed by atoms with Crippen LogP contribution >= 0.6 is 0 Å². The molecule has 0 fully saturated rings. The zero-order chi connectivity index (χ0) is 22.7. The number of anilines is 2. The minimum atomic E-state index is 0.562. The van der Waals surface area contributed by atoms with Crippen molar-refractivity contribution < 1.29 is 9.47 Å². The molecule has 0 radical (unpaired) electrons. The summed E-state index contributed by atoms with van der Waals surface area (Å²) in [4.78, 5) is 13.8. The molecule has 4 aromatic rings. The number of hydrogen-bond donors (Lipinski definition) is 1. The van der Waals surface area contributed by atoms with Gasteiger partial charge in [0.15, 0.2) is 17.3 Å². The van der Waals surface area contributed by atoms with Crippen LogP contribution < -0.4 is 14.8 Å². The van der Waals surface area contributed by atoms with Gasteiger partial charge >= 0.3 is 0 Å². The average Bonchev–Trinajstić information content (AvgIpc) is 3.07. The average molecular weight is 431 g/mol. The zero-order valence-corrected chi connectivity index (χ0v) is 18.9. The Morgan fingerprint density at radius 1 is 0.938 bits per heavy atom. The summed E-state index contributed by atoms with van der Waals surface area (Å²) in [5.74, 6) is 4.33. The highest BCUT2D eigenvalue weighted by atomic mass is 16.5. The molecule has 164 valence electrons. The summed E-state index contributed by atoms with van der Waals surface area (Å²) in [6.07, 6.45) is 2.31. The van der Waals surface area contributed by atoms with Crippen LogP contribution in [0.5, 0.6) is 11.5 Å². The lowest BCUT2D eigenvalue weighted by Crippen LogP contribution is -2.07. The molecule has 8 nitrogen and oxygen atoms in total. The molecular formula is C24H26N6O2. The normalized spacial score (nSPS) is 10.8. The number of rotatable bonds is 7. The van der Waals surface area contributed by atoms with Gasteiger partial charge in [-0.25, -0.2) is 15.0 Å². The molecular weight excluding hydrogens is 404 g/mol. The van der Waals surface area contributed by atoms with Crippen LogP contribution in [0, 0.1) is 20.8 Å². The van der Waals surface area contributed by atoms with Gasteiger partial charge in [-0.05, 0) is 56.7 Å². The van der Waals surface area contributed by atoms with Crippen molar-refractivity contribution in [2.75, 3.05) is 19.5 Å². The van der Waals surface area contributed by atoms with Crippen molar-refractivity contribution in [3.8, 4) is 17.3 Å². The third kappa shape index (κ3) is 4.39. The highest BCUT2D eigenvalue weighted by molar-refractivity contribution is 5.59. The summed E-state index contributed by atoms with van der Waals surface area (Å²) in [7, 11) is 3.25. The van der Waals surface area contributed by atoms with Crippen LogP contribution in [0.2, 0.25) is 0 Å². The lowest BCUT2D eigenvalue weighted by molar-refractivity contribution is 0.354. The van der Waals surface area contributed by atoms with Crippen LogP contribution in [0.15, 0.2) is 48.7 Å². The van der Waals surface area contributed by atoms with E-state index in [1.165, 1.54) is 0 Å². The molecule has 0 saturated carbocycles. The molecule has 3 aromatic heterocycles. The quantitative estimate of drug-likeness (QED) is 0.467. The summed E-state index contributed by atoms with van der Waals surface area (Å²) in [5.41, 5.74) is 3.92. The predicted molar refractivity (Wildman–Crippen MR) is 123 cm³/mol. The summed E-state index contributed by atoms with van der Waals surface area (Å²) in [5, 5.41) is 8.08. The number of nitrogens with zero attached hydrogens (tertiary/aromatic N) is 5. The largest absolute Gasteiger partial charge is 0.493 e. The van der Waals surface area contributed by atoms with E-state index in [9.17, 15) is 0 Å². The summed E-state index contributed by atoms with van der Waals surface area (Å²) < 4.78 is 12.5. The summed E-state index contributed by atoms with van der Waals surface area (Å²) >= 11 is 0. The van der Waals surface area contributed by atoms with E-state index in [0.29, 0.717) is 29.6 Å². The van der Waals surface area contributed by atoms with E-state index in [2.05, 4.69) is 20.4 Å². The molecule has 0 bridgehead atoms. The molecule has 1 aromatic carbocycles. The van der Waals surface area contributed by atoms with E-state index in [4.69, 9.17) is 14.5 Å². The number of benzene rings is 1. The molecule has 0 saturated heterocycles. The van der Waals surface area contributed by atoms with E-state index < -0.39 is 0 Å². The molecule has 0 aliphatic carbocycles. The lowest BCUT2D eigenvalue weighted by Gasteiger charge is -2.12. The van der Waals surface area contributed by atoms with Crippen molar-refractivity contribution in [2.45, 2.75) is 27.2 Å². The maximum absolute atomic E-state index is 5.40. The molecule has 32 heavy (non-hydrogen) atoms. The van der Waals surface area contributed by atoms with Crippen molar-refractivity contribution in [3.05, 3.63) is 77.0 Å². The second-order valence-corrected chi connectivity index (χ2v) is 7.46. The smallest absolute Gasteiger partial charge is 0.161 e. The molecule has 8 heteroatoms. The predicted octanol–water partition coefficient (Wildman–Crippen LogP) is 4.33. The number of ether oxygens (including phenoxy) is 2. The van der Waals surface area contributed by atoms with Crippen LogP contribution in [0.4, 0.5) is 11.6 Å². The number of aromatic nitrogens is 5. The van der Waals surface area contributed by atoms with Gasteiger partial charge in [0.25, 0.3) is 0 Å². The molecule has 0 atom stereocenters. The maximum atomic E-state index is 5.40. The summed E-state index contributed by atoms with van der Waals surface area (Å²) in [6.45, 7) is 5.97. The number of methoxy groups -OCH3 is 2. The van der Waals surface area contributed by atoms with Gasteiger partial charge in [-0.1, -0.05) is 12.1 Å². The van der Waals surface area contributed by atoms with E-state index >= 15 is 0 Å². The lowest BCUT2D eigenvalue weighted by atomic mass is 10.1. The topological polar surface area (TPSA) is 87.0 Å². The number of aryl methyl sites for hydroxylation is 2. The Morgan fingerprint density at radius 2 is 1.75 bits per heavy atom. The Morgan fingerprint density at radius 3 is 2.50 bits per heavy atom. The van der Waals surface area contributed by atoms with E-state index in [0.717, 1.165) is 34.2 Å². The van der Waals surface area contributed by atoms with E-state index in [1.807, 2.05) is 67.9 Å². The van der Waals surface area contributed by atoms with Crippen LogP contribution in [0.1, 0.15) is 28.3 Å². The van der Waals surface area contributed by atoms with Gasteiger partial charge in [-0.2, -0.15) is 9.78 Å². The van der Waals surface area contributed by atoms with Crippen molar-refractivity contribution in [1.29, 1.82) is 0 Å². The second kappa shape index (κ2) is 9.05. The fourth-order valence-electron chi connectivity index (χ4n) is 3.41. The maximum Gasteiger partial charge on any atom is 0.161 e. The number of hydrogen-bond acceptors (Lipinski definition) is 7. The van der Waals surface area contributed by atoms with Gasteiger partial charge in [-0.15, -0.1) is 0 Å². The first-order chi connectivity index (χ1) is 15.5. The Balaban J connectivity index is 1.62. The van der Waals surface area contributed by atoms with Gasteiger partial charge in [0.1, 0.15) is 17.5 Å². The van der Waals surface area contributed by atoms with E-state index in [-0.39, 0.29) is 0 Å². The SMILES string of the molecule is COc1ccc(Cc2nccc(Nc3c(C)c(C)nn3-c3cccc(C)n3)n2)cc1OC. The second-order valence-electron chi connectivity index (χ2n) is 7.46. The van der Waals surface area contributed by atoms with Crippen molar-refractivity contribution in [1.82, 2.24) is 24.7 Å². The first-order valence-corrected chi connectivity index (χ1v) is 10.3. The van der Waals surface area contributed by atoms with Crippen molar-refractivity contribution in [2.24, 2.45) is 0 Å². The molecule has 1 N–H and O–H groups in total. The Hall–Kier alpha value is -3.94. The van der Waals surface area contributed by atoms with Crippen molar-refractivity contribution >= 4 is 11.6 Å². The van der Waals surface area contributed by atoms with Gasteiger partial charge < -0.3 is 14.8 Å². The monoisotopic (exact) mass is 430 g/mol. The third-order valence-corrected chi connectivity index (χ3v) is 5.21. The Bertz CT molecular complexity index is 1250. The van der Waals surface area contributed by atoms with Gasteiger partial charge in [0.05, 0.1) is 19.9 Å². The zero-order valence-electron chi connectivity index (χ0n) is 18.9.